The Kier molecular flexibility index (Phi) is 7.01. The number of benzene rings is 2. The van der Waals surface area contributed by atoms with E-state index in [4.69, 9.17) is 11.6 Å². The summed E-state index contributed by atoms with van der Waals surface area (Å²) in [5.74, 6) is 0.233. The molecule has 0 bridgehead atoms. The molecule has 8 nitrogen and oxygen atoms in total. The molecule has 2 aromatic carbocycles. The van der Waals surface area contributed by atoms with Crippen LogP contribution in [0.4, 0.5) is 0 Å². The first-order chi connectivity index (χ1) is 18.9. The summed E-state index contributed by atoms with van der Waals surface area (Å²) in [6, 6.07) is 19.3. The minimum absolute atomic E-state index is 0.0717. The van der Waals surface area contributed by atoms with Gasteiger partial charge in [-0.05, 0) is 55.6 Å². The lowest BCUT2D eigenvalue weighted by Crippen LogP contribution is -2.52. The number of hydrogen-bond acceptors (Lipinski definition) is 5. The van der Waals surface area contributed by atoms with E-state index in [1.165, 1.54) is 16.5 Å². The highest BCUT2D eigenvalue weighted by atomic mass is 35.5. The molecule has 1 amide bonds. The number of likely N-dealkylation sites (tertiary alicyclic amines) is 1. The van der Waals surface area contributed by atoms with Crippen molar-refractivity contribution in [1.82, 2.24) is 24.3 Å². The average molecular weight is 546 g/mol. The number of aromatic nitrogens is 3. The maximum Gasteiger partial charge on any atom is 0.262 e. The molecule has 0 saturated carbocycles. The number of nitrogens with one attached hydrogen (secondary N) is 1. The average Bonchev–Trinajstić information content (AvgIpc) is 3.40. The summed E-state index contributed by atoms with van der Waals surface area (Å²) in [5, 5.41) is 15.9. The van der Waals surface area contributed by atoms with Gasteiger partial charge in [-0.3, -0.25) is 14.2 Å². The fraction of sp³-hybridized carbons (Fsp3) is 0.367. The van der Waals surface area contributed by atoms with Crippen LogP contribution >= 0.6 is 11.6 Å². The summed E-state index contributed by atoms with van der Waals surface area (Å²) < 4.78 is 3.32. The third-order valence-corrected chi connectivity index (χ3v) is 8.49. The zero-order valence-electron chi connectivity index (χ0n) is 21.7. The van der Waals surface area contributed by atoms with Gasteiger partial charge in [-0.25, -0.2) is 4.98 Å². The van der Waals surface area contributed by atoms with Gasteiger partial charge in [0.15, 0.2) is 5.65 Å². The van der Waals surface area contributed by atoms with Gasteiger partial charge in [-0.1, -0.05) is 48.0 Å². The summed E-state index contributed by atoms with van der Waals surface area (Å²) >= 11 is 6.15. The van der Waals surface area contributed by atoms with Crippen LogP contribution in [0.3, 0.4) is 0 Å². The van der Waals surface area contributed by atoms with E-state index in [0.29, 0.717) is 42.0 Å². The largest absolute Gasteiger partial charge is 0.388 e. The van der Waals surface area contributed by atoms with Gasteiger partial charge >= 0.3 is 0 Å². The molecule has 9 heteroatoms. The molecule has 0 aliphatic carbocycles. The van der Waals surface area contributed by atoms with Gasteiger partial charge in [0, 0.05) is 48.4 Å². The first kappa shape index (κ1) is 25.8. The van der Waals surface area contributed by atoms with Crippen molar-refractivity contribution in [3.8, 4) is 5.69 Å². The number of aliphatic hydroxyl groups is 1. The number of fused-ring (bicyclic) bond motifs is 1. The van der Waals surface area contributed by atoms with Gasteiger partial charge in [-0.2, -0.15) is 0 Å². The number of carbonyl (C=O) groups excluding carboxylic acids is 1. The molecule has 6 rings (SSSR count). The smallest absolute Gasteiger partial charge is 0.262 e. The summed E-state index contributed by atoms with van der Waals surface area (Å²) in [6.45, 7) is 2.69. The number of carbonyl (C=O) groups is 1. The molecule has 0 radical (unpaired) electrons. The molecule has 4 heterocycles. The molecule has 2 aliphatic rings. The monoisotopic (exact) mass is 545 g/mol. The summed E-state index contributed by atoms with van der Waals surface area (Å²) in [6.07, 6.45) is 4.93. The van der Waals surface area contributed by atoms with Crippen LogP contribution in [0, 0.1) is 5.92 Å². The van der Waals surface area contributed by atoms with Crippen LogP contribution in [0.25, 0.3) is 16.7 Å². The number of rotatable bonds is 5. The second-order valence-corrected chi connectivity index (χ2v) is 11.2. The second kappa shape index (κ2) is 10.6. The molecule has 2 atom stereocenters. The zero-order valence-corrected chi connectivity index (χ0v) is 22.4. The Balaban J connectivity index is 1.15. The minimum Gasteiger partial charge on any atom is -0.388 e. The number of piperidine rings is 2. The van der Waals surface area contributed by atoms with Crippen LogP contribution in [0.15, 0.2) is 78.0 Å². The van der Waals surface area contributed by atoms with Crippen LogP contribution in [0.5, 0.6) is 0 Å². The molecule has 2 saturated heterocycles. The fourth-order valence-electron chi connectivity index (χ4n) is 6.06. The van der Waals surface area contributed by atoms with Crippen LogP contribution < -0.4 is 10.9 Å². The van der Waals surface area contributed by atoms with E-state index in [1.54, 1.807) is 18.3 Å². The predicted octanol–water partition coefficient (Wildman–Crippen LogP) is 3.59. The van der Waals surface area contributed by atoms with Crippen molar-refractivity contribution in [3.63, 3.8) is 0 Å². The van der Waals surface area contributed by atoms with Crippen molar-refractivity contribution in [2.75, 3.05) is 26.2 Å². The fourth-order valence-corrected chi connectivity index (χ4v) is 6.24. The Hall–Kier alpha value is -3.46. The predicted molar refractivity (Wildman–Crippen MR) is 151 cm³/mol. The van der Waals surface area contributed by atoms with Crippen LogP contribution in [0.2, 0.25) is 5.02 Å². The van der Waals surface area contributed by atoms with Gasteiger partial charge in [0.25, 0.3) is 5.56 Å². The van der Waals surface area contributed by atoms with E-state index < -0.39 is 5.60 Å². The number of hydrogen-bond donors (Lipinski definition) is 2. The van der Waals surface area contributed by atoms with E-state index in [2.05, 4.69) is 22.4 Å². The molecule has 4 aromatic rings. The van der Waals surface area contributed by atoms with Crippen LogP contribution in [-0.4, -0.2) is 61.8 Å². The Morgan fingerprint density at radius 2 is 1.90 bits per heavy atom. The topological polar surface area (TPSA) is 92.4 Å². The quantitative estimate of drug-likeness (QED) is 0.400. The number of halogens is 1. The zero-order chi connectivity index (χ0) is 27.0. The molecule has 2 fully saturated rings. The van der Waals surface area contributed by atoms with E-state index >= 15 is 0 Å². The molecular weight excluding hydrogens is 514 g/mol. The molecule has 39 heavy (non-hydrogen) atoms. The molecule has 0 unspecified atom stereocenters. The molecular formula is C30H32ClN5O3. The minimum atomic E-state index is -1.08. The molecule has 0 spiro atoms. The van der Waals surface area contributed by atoms with Gasteiger partial charge in [0.05, 0.1) is 17.5 Å². The number of amides is 1. The van der Waals surface area contributed by atoms with Crippen molar-refractivity contribution in [1.29, 1.82) is 0 Å². The Bertz CT molecular complexity index is 1540. The lowest BCUT2D eigenvalue weighted by Gasteiger charge is -2.41. The standard InChI is InChI=1S/C30H32ClN5O3/c31-22-7-4-8-23(17-22)36-14-10-25-27(36)33-20-35(29(25)38)19-30(39)11-15-34(16-12-30)28(37)24-9-13-32-18-26(24)21-5-2-1-3-6-21/h1-8,10,14,17,20,24,26,32,39H,9,11-13,15-16,18-19H2/t24-,26+/m1/s1. The van der Waals surface area contributed by atoms with Crippen LogP contribution in [-0.2, 0) is 11.3 Å². The second-order valence-electron chi connectivity index (χ2n) is 10.7. The van der Waals surface area contributed by atoms with Crippen molar-refractivity contribution in [2.24, 2.45) is 5.92 Å². The lowest BCUT2D eigenvalue weighted by atomic mass is 9.80. The summed E-state index contributed by atoms with van der Waals surface area (Å²) in [7, 11) is 0. The lowest BCUT2D eigenvalue weighted by molar-refractivity contribution is -0.141. The van der Waals surface area contributed by atoms with E-state index in [0.717, 1.165) is 25.2 Å². The SMILES string of the molecule is O=C([C@@H]1CCNC[C@H]1c1ccccc1)N1CCC(O)(Cn2cnc3c(ccn3-c3cccc(Cl)c3)c2=O)CC1. The molecule has 2 N–H and O–H groups in total. The van der Waals surface area contributed by atoms with E-state index in [-0.39, 0.29) is 29.8 Å². The van der Waals surface area contributed by atoms with Gasteiger partial charge in [-0.15, -0.1) is 0 Å². The normalized spacial score (nSPS) is 21.2. The van der Waals surface area contributed by atoms with Gasteiger partial charge in [0.2, 0.25) is 5.91 Å². The first-order valence-corrected chi connectivity index (χ1v) is 13.9. The van der Waals surface area contributed by atoms with Gasteiger partial charge < -0.3 is 19.9 Å². The van der Waals surface area contributed by atoms with Crippen molar-refractivity contribution in [3.05, 3.63) is 94.1 Å². The van der Waals surface area contributed by atoms with Crippen molar-refractivity contribution < 1.29 is 9.90 Å². The summed E-state index contributed by atoms with van der Waals surface area (Å²) in [4.78, 5) is 33.3. The summed E-state index contributed by atoms with van der Waals surface area (Å²) in [5.41, 5.74) is 1.26. The Morgan fingerprint density at radius 3 is 2.67 bits per heavy atom. The maximum atomic E-state index is 13.6. The third-order valence-electron chi connectivity index (χ3n) is 8.25. The molecule has 2 aromatic heterocycles. The number of nitrogens with zero attached hydrogens (tertiary/aromatic N) is 4. The highest BCUT2D eigenvalue weighted by Crippen LogP contribution is 2.33. The van der Waals surface area contributed by atoms with Gasteiger partial charge in [0.1, 0.15) is 6.33 Å². The Labute approximate surface area is 231 Å². The molecule has 202 valence electrons. The first-order valence-electron chi connectivity index (χ1n) is 13.5. The van der Waals surface area contributed by atoms with Crippen molar-refractivity contribution >= 4 is 28.5 Å². The highest BCUT2D eigenvalue weighted by Gasteiger charge is 2.39. The van der Waals surface area contributed by atoms with Crippen LogP contribution in [0.1, 0.15) is 30.7 Å². The highest BCUT2D eigenvalue weighted by molar-refractivity contribution is 6.30. The van der Waals surface area contributed by atoms with Crippen molar-refractivity contribution in [2.45, 2.75) is 37.3 Å². The Morgan fingerprint density at radius 1 is 1.10 bits per heavy atom. The maximum absolute atomic E-state index is 13.6. The molecule has 2 aliphatic heterocycles. The van der Waals surface area contributed by atoms with E-state index in [1.807, 2.05) is 45.9 Å². The third kappa shape index (κ3) is 5.12. The van der Waals surface area contributed by atoms with E-state index in [9.17, 15) is 14.7 Å².